The summed E-state index contributed by atoms with van der Waals surface area (Å²) in [5, 5.41) is 11.0. The van der Waals surface area contributed by atoms with E-state index in [0.29, 0.717) is 17.2 Å². The minimum absolute atomic E-state index is 0.190. The Balaban J connectivity index is 1.55. The quantitative estimate of drug-likeness (QED) is 0.480. The number of carbonyl (C=O) groups is 1. The van der Waals surface area contributed by atoms with Gasteiger partial charge in [-0.1, -0.05) is 48.5 Å². The Labute approximate surface area is 178 Å². The van der Waals surface area contributed by atoms with Crippen LogP contribution in [0, 0.1) is 12.7 Å². The van der Waals surface area contributed by atoms with Crippen molar-refractivity contribution in [1.82, 2.24) is 15.5 Å². The molecule has 156 valence electrons. The van der Waals surface area contributed by atoms with E-state index < -0.39 is 6.04 Å². The molecule has 0 saturated heterocycles. The van der Waals surface area contributed by atoms with Crippen molar-refractivity contribution in [2.75, 3.05) is 6.61 Å². The SMILES string of the molecule is Cc1ccccc1OCC(=O)NC(c1ccc(F)cc1)c1nnc(-c2ccccc2)o1. The monoisotopic (exact) mass is 417 g/mol. The molecule has 31 heavy (non-hydrogen) atoms. The molecule has 1 heterocycles. The van der Waals surface area contributed by atoms with E-state index >= 15 is 0 Å². The Morgan fingerprint density at radius 2 is 1.71 bits per heavy atom. The van der Waals surface area contributed by atoms with Gasteiger partial charge < -0.3 is 14.5 Å². The van der Waals surface area contributed by atoms with Crippen LogP contribution in [-0.2, 0) is 4.79 Å². The average molecular weight is 417 g/mol. The number of benzene rings is 3. The van der Waals surface area contributed by atoms with Crippen molar-refractivity contribution >= 4 is 5.91 Å². The van der Waals surface area contributed by atoms with Crippen LogP contribution in [0.15, 0.2) is 83.3 Å². The van der Waals surface area contributed by atoms with Gasteiger partial charge in [-0.2, -0.15) is 0 Å². The van der Waals surface area contributed by atoms with Gasteiger partial charge in [-0.3, -0.25) is 4.79 Å². The van der Waals surface area contributed by atoms with Crippen LogP contribution >= 0.6 is 0 Å². The second-order valence-corrected chi connectivity index (χ2v) is 6.92. The van der Waals surface area contributed by atoms with Gasteiger partial charge >= 0.3 is 0 Å². The molecule has 1 N–H and O–H groups in total. The Hall–Kier alpha value is -4.00. The zero-order valence-corrected chi connectivity index (χ0v) is 16.8. The number of hydrogen-bond acceptors (Lipinski definition) is 5. The molecule has 0 aliphatic rings. The second-order valence-electron chi connectivity index (χ2n) is 6.92. The Morgan fingerprint density at radius 1 is 1.00 bits per heavy atom. The summed E-state index contributed by atoms with van der Waals surface area (Å²) in [5.74, 6) is 0.382. The Kier molecular flexibility index (Phi) is 6.03. The van der Waals surface area contributed by atoms with Gasteiger partial charge in [0.25, 0.3) is 5.91 Å². The third-order valence-corrected chi connectivity index (χ3v) is 4.67. The summed E-state index contributed by atoms with van der Waals surface area (Å²) < 4.78 is 24.9. The number of nitrogens with zero attached hydrogens (tertiary/aromatic N) is 2. The highest BCUT2D eigenvalue weighted by atomic mass is 19.1. The molecule has 0 radical (unpaired) electrons. The number of hydrogen-bond donors (Lipinski definition) is 1. The van der Waals surface area contributed by atoms with Crippen LogP contribution in [0.25, 0.3) is 11.5 Å². The normalized spacial score (nSPS) is 11.7. The Bertz CT molecular complexity index is 1160. The fourth-order valence-electron chi connectivity index (χ4n) is 3.06. The minimum Gasteiger partial charge on any atom is -0.484 e. The van der Waals surface area contributed by atoms with Gasteiger partial charge in [-0.25, -0.2) is 4.39 Å². The largest absolute Gasteiger partial charge is 0.484 e. The Morgan fingerprint density at radius 3 is 2.45 bits per heavy atom. The number of nitrogens with one attached hydrogen (secondary N) is 1. The van der Waals surface area contributed by atoms with Gasteiger partial charge in [0.2, 0.25) is 11.8 Å². The summed E-state index contributed by atoms with van der Waals surface area (Å²) in [4.78, 5) is 12.6. The van der Waals surface area contributed by atoms with Crippen LogP contribution in [0.3, 0.4) is 0 Å². The molecule has 1 atom stereocenters. The highest BCUT2D eigenvalue weighted by molar-refractivity contribution is 5.78. The number of aromatic nitrogens is 2. The van der Waals surface area contributed by atoms with Crippen molar-refractivity contribution in [3.63, 3.8) is 0 Å². The molecular weight excluding hydrogens is 397 g/mol. The standard InChI is InChI=1S/C24H20FN3O3/c1-16-7-5-6-10-20(16)30-15-21(29)26-22(17-11-13-19(25)14-12-17)24-28-27-23(31-24)18-8-3-2-4-9-18/h2-14,22H,15H2,1H3,(H,26,29). The van der Waals surface area contributed by atoms with E-state index in [-0.39, 0.29) is 24.2 Å². The van der Waals surface area contributed by atoms with Crippen molar-refractivity contribution in [3.05, 3.63) is 102 Å². The first-order chi connectivity index (χ1) is 15.1. The molecule has 3 aromatic carbocycles. The summed E-state index contributed by atoms with van der Waals surface area (Å²) in [6.07, 6.45) is 0. The highest BCUT2D eigenvalue weighted by Crippen LogP contribution is 2.25. The van der Waals surface area contributed by atoms with Gasteiger partial charge in [0, 0.05) is 5.56 Å². The lowest BCUT2D eigenvalue weighted by Gasteiger charge is -2.16. The number of aryl methyl sites for hydroxylation is 1. The van der Waals surface area contributed by atoms with Crippen molar-refractivity contribution in [1.29, 1.82) is 0 Å². The predicted octanol–water partition coefficient (Wildman–Crippen LogP) is 4.47. The number of carbonyl (C=O) groups excluding carboxylic acids is 1. The lowest BCUT2D eigenvalue weighted by atomic mass is 10.1. The summed E-state index contributed by atoms with van der Waals surface area (Å²) in [5.41, 5.74) is 2.29. The second kappa shape index (κ2) is 9.21. The van der Waals surface area contributed by atoms with Gasteiger partial charge in [-0.05, 0) is 48.4 Å². The van der Waals surface area contributed by atoms with E-state index in [1.807, 2.05) is 55.5 Å². The maximum absolute atomic E-state index is 13.4. The molecular formula is C24H20FN3O3. The third-order valence-electron chi connectivity index (χ3n) is 4.67. The van der Waals surface area contributed by atoms with E-state index in [1.165, 1.54) is 12.1 Å². The summed E-state index contributed by atoms with van der Waals surface area (Å²) in [6.45, 7) is 1.71. The maximum Gasteiger partial charge on any atom is 0.258 e. The van der Waals surface area contributed by atoms with E-state index in [1.54, 1.807) is 18.2 Å². The molecule has 1 unspecified atom stereocenters. The van der Waals surface area contributed by atoms with Crippen LogP contribution in [0.4, 0.5) is 4.39 Å². The zero-order valence-electron chi connectivity index (χ0n) is 16.8. The summed E-state index contributed by atoms with van der Waals surface area (Å²) in [6, 6.07) is 21.7. The number of para-hydroxylation sites is 1. The third kappa shape index (κ3) is 4.95. The molecule has 1 amide bonds. The average Bonchev–Trinajstić information content (AvgIpc) is 3.28. The number of ether oxygens (including phenoxy) is 1. The number of rotatable bonds is 7. The molecule has 0 aliphatic carbocycles. The van der Waals surface area contributed by atoms with Crippen molar-refractivity contribution in [2.45, 2.75) is 13.0 Å². The van der Waals surface area contributed by atoms with Gasteiger partial charge in [0.1, 0.15) is 17.6 Å². The van der Waals surface area contributed by atoms with Crippen LogP contribution < -0.4 is 10.1 Å². The van der Waals surface area contributed by atoms with E-state index in [2.05, 4.69) is 15.5 Å². The first kappa shape index (κ1) is 20.3. The molecule has 1 aromatic heterocycles. The van der Waals surface area contributed by atoms with E-state index in [0.717, 1.165) is 11.1 Å². The van der Waals surface area contributed by atoms with Crippen LogP contribution in [-0.4, -0.2) is 22.7 Å². The number of amides is 1. The fraction of sp³-hybridized carbons (Fsp3) is 0.125. The molecule has 0 bridgehead atoms. The predicted molar refractivity (Wildman–Crippen MR) is 113 cm³/mol. The molecule has 0 spiro atoms. The fourth-order valence-corrected chi connectivity index (χ4v) is 3.06. The van der Waals surface area contributed by atoms with E-state index in [4.69, 9.17) is 9.15 Å². The molecule has 4 aromatic rings. The van der Waals surface area contributed by atoms with Crippen LogP contribution in [0.2, 0.25) is 0 Å². The molecule has 6 nitrogen and oxygen atoms in total. The zero-order chi connectivity index (χ0) is 21.6. The van der Waals surface area contributed by atoms with Gasteiger partial charge in [-0.15, -0.1) is 10.2 Å². The van der Waals surface area contributed by atoms with Crippen molar-refractivity contribution < 1.29 is 18.3 Å². The van der Waals surface area contributed by atoms with Crippen LogP contribution in [0.1, 0.15) is 23.1 Å². The minimum atomic E-state index is -0.751. The van der Waals surface area contributed by atoms with Gasteiger partial charge in [0.05, 0.1) is 0 Å². The lowest BCUT2D eigenvalue weighted by Crippen LogP contribution is -2.33. The number of halogens is 1. The van der Waals surface area contributed by atoms with Crippen molar-refractivity contribution in [3.8, 4) is 17.2 Å². The topological polar surface area (TPSA) is 77.2 Å². The molecule has 0 saturated carbocycles. The van der Waals surface area contributed by atoms with Crippen molar-refractivity contribution in [2.24, 2.45) is 0 Å². The first-order valence-electron chi connectivity index (χ1n) is 9.72. The molecule has 0 fully saturated rings. The maximum atomic E-state index is 13.4. The molecule has 0 aliphatic heterocycles. The first-order valence-corrected chi connectivity index (χ1v) is 9.72. The smallest absolute Gasteiger partial charge is 0.258 e. The van der Waals surface area contributed by atoms with E-state index in [9.17, 15) is 9.18 Å². The van der Waals surface area contributed by atoms with Crippen LogP contribution in [0.5, 0.6) is 5.75 Å². The lowest BCUT2D eigenvalue weighted by molar-refractivity contribution is -0.123. The molecule has 7 heteroatoms. The highest BCUT2D eigenvalue weighted by Gasteiger charge is 2.24. The van der Waals surface area contributed by atoms with Gasteiger partial charge in [0.15, 0.2) is 6.61 Å². The summed E-state index contributed by atoms with van der Waals surface area (Å²) in [7, 11) is 0. The molecule has 4 rings (SSSR count). The summed E-state index contributed by atoms with van der Waals surface area (Å²) >= 11 is 0.